The van der Waals surface area contributed by atoms with E-state index in [-0.39, 0.29) is 5.91 Å². The Labute approximate surface area is 153 Å². The third-order valence-corrected chi connectivity index (χ3v) is 3.86. The summed E-state index contributed by atoms with van der Waals surface area (Å²) in [5.41, 5.74) is 7.63. The largest absolute Gasteiger partial charge is 0.490 e. The summed E-state index contributed by atoms with van der Waals surface area (Å²) in [6.07, 6.45) is 0.671. The molecule has 5 nitrogen and oxygen atoms in total. The summed E-state index contributed by atoms with van der Waals surface area (Å²) in [4.78, 5) is 12.2. The van der Waals surface area contributed by atoms with Crippen LogP contribution in [0.5, 0.6) is 11.5 Å². The van der Waals surface area contributed by atoms with Crippen molar-refractivity contribution in [3.63, 3.8) is 0 Å². The normalized spacial score (nSPS) is 10.4. The van der Waals surface area contributed by atoms with Crippen LogP contribution in [0, 0.1) is 0 Å². The van der Waals surface area contributed by atoms with E-state index in [1.54, 1.807) is 18.2 Å². The lowest BCUT2D eigenvalue weighted by molar-refractivity contribution is 0.0954. The number of rotatable bonds is 8. The molecular formula is C19H23ClN2O3. The number of nitrogens with two attached hydrogens (primary N) is 1. The van der Waals surface area contributed by atoms with E-state index in [1.165, 1.54) is 0 Å². The number of carbonyl (C=O) groups excluding carboxylic acids is 1. The Hall–Kier alpha value is -2.40. The number of amides is 1. The van der Waals surface area contributed by atoms with E-state index in [0.29, 0.717) is 42.5 Å². The van der Waals surface area contributed by atoms with Gasteiger partial charge >= 0.3 is 0 Å². The van der Waals surface area contributed by atoms with Gasteiger partial charge in [0.15, 0.2) is 11.5 Å². The molecule has 0 aliphatic heterocycles. The van der Waals surface area contributed by atoms with E-state index in [0.717, 1.165) is 17.1 Å². The molecule has 0 aromatic heterocycles. The van der Waals surface area contributed by atoms with E-state index in [9.17, 15) is 4.79 Å². The Morgan fingerprint density at radius 3 is 2.48 bits per heavy atom. The molecule has 3 N–H and O–H groups in total. The number of anilines is 1. The molecule has 1 amide bonds. The van der Waals surface area contributed by atoms with Crippen LogP contribution < -0.4 is 20.5 Å². The Bertz CT molecular complexity index is 735. The number of nitrogen functional groups attached to an aromatic ring is 1. The fraction of sp³-hybridized carbons (Fsp3) is 0.316. The Morgan fingerprint density at radius 2 is 1.80 bits per heavy atom. The molecule has 0 aliphatic rings. The lowest BCUT2D eigenvalue weighted by Crippen LogP contribution is -2.26. The van der Waals surface area contributed by atoms with Gasteiger partial charge < -0.3 is 20.5 Å². The molecule has 0 unspecified atom stereocenters. The maximum atomic E-state index is 12.2. The Kier molecular flexibility index (Phi) is 6.95. The van der Waals surface area contributed by atoms with E-state index in [4.69, 9.17) is 26.8 Å². The molecule has 0 fully saturated rings. The van der Waals surface area contributed by atoms with Crippen LogP contribution >= 0.6 is 11.6 Å². The van der Waals surface area contributed by atoms with Crippen molar-refractivity contribution in [2.75, 3.05) is 25.5 Å². The molecule has 6 heteroatoms. The van der Waals surface area contributed by atoms with Crippen molar-refractivity contribution in [2.24, 2.45) is 0 Å². The van der Waals surface area contributed by atoms with Crippen molar-refractivity contribution < 1.29 is 14.3 Å². The third-order valence-electron chi connectivity index (χ3n) is 3.54. The van der Waals surface area contributed by atoms with Crippen LogP contribution in [0.2, 0.25) is 5.02 Å². The zero-order valence-corrected chi connectivity index (χ0v) is 15.2. The van der Waals surface area contributed by atoms with Crippen molar-refractivity contribution in [3.05, 3.63) is 52.5 Å². The molecule has 0 saturated carbocycles. The highest BCUT2D eigenvalue weighted by Crippen LogP contribution is 2.28. The first-order valence-corrected chi connectivity index (χ1v) is 8.64. The van der Waals surface area contributed by atoms with Gasteiger partial charge in [0.1, 0.15) is 0 Å². The fourth-order valence-corrected chi connectivity index (χ4v) is 2.66. The van der Waals surface area contributed by atoms with Gasteiger partial charge in [-0.15, -0.1) is 0 Å². The quantitative estimate of drug-likeness (QED) is 0.702. The minimum absolute atomic E-state index is 0.221. The van der Waals surface area contributed by atoms with E-state index in [2.05, 4.69) is 5.32 Å². The summed E-state index contributed by atoms with van der Waals surface area (Å²) in [6.45, 7) is 5.49. The number of hydrogen-bond acceptors (Lipinski definition) is 4. The van der Waals surface area contributed by atoms with Crippen LogP contribution in [0.1, 0.15) is 29.8 Å². The highest BCUT2D eigenvalue weighted by molar-refractivity contribution is 6.34. The minimum Gasteiger partial charge on any atom is -0.490 e. The van der Waals surface area contributed by atoms with Gasteiger partial charge in [0, 0.05) is 12.2 Å². The molecule has 0 aliphatic carbocycles. The average Bonchev–Trinajstić information content (AvgIpc) is 2.57. The lowest BCUT2D eigenvalue weighted by atomic mass is 10.1. The topological polar surface area (TPSA) is 73.6 Å². The lowest BCUT2D eigenvalue weighted by Gasteiger charge is -2.13. The van der Waals surface area contributed by atoms with E-state index in [1.807, 2.05) is 32.0 Å². The van der Waals surface area contributed by atoms with Crippen molar-refractivity contribution in [1.82, 2.24) is 5.32 Å². The maximum Gasteiger partial charge on any atom is 0.252 e. The van der Waals surface area contributed by atoms with Crippen LogP contribution in [0.25, 0.3) is 0 Å². The predicted octanol–water partition coefficient (Wildman–Crippen LogP) is 3.69. The average molecular weight is 363 g/mol. The van der Waals surface area contributed by atoms with Crippen molar-refractivity contribution in [1.29, 1.82) is 0 Å². The van der Waals surface area contributed by atoms with Gasteiger partial charge in [0.25, 0.3) is 5.91 Å². The molecule has 0 heterocycles. The van der Waals surface area contributed by atoms with Gasteiger partial charge in [0.2, 0.25) is 0 Å². The third kappa shape index (κ3) is 5.29. The molecule has 134 valence electrons. The highest BCUT2D eigenvalue weighted by Gasteiger charge is 2.11. The molecule has 0 spiro atoms. The van der Waals surface area contributed by atoms with Gasteiger partial charge in [-0.05, 0) is 56.2 Å². The number of ether oxygens (including phenoxy) is 2. The first kappa shape index (κ1) is 18.9. The molecule has 0 radical (unpaired) electrons. The van der Waals surface area contributed by atoms with Gasteiger partial charge in [-0.1, -0.05) is 17.7 Å². The maximum absolute atomic E-state index is 12.2. The van der Waals surface area contributed by atoms with E-state index < -0.39 is 0 Å². The van der Waals surface area contributed by atoms with Gasteiger partial charge in [-0.2, -0.15) is 0 Å². The minimum atomic E-state index is -0.221. The summed E-state index contributed by atoms with van der Waals surface area (Å²) in [7, 11) is 0. The molecule has 25 heavy (non-hydrogen) atoms. The summed E-state index contributed by atoms with van der Waals surface area (Å²) in [5.74, 6) is 1.22. The van der Waals surface area contributed by atoms with Crippen LogP contribution in [0.4, 0.5) is 5.69 Å². The molecule has 0 bridgehead atoms. The SMILES string of the molecule is CCOc1ccc(CCNC(=O)c2ccc(N)cc2Cl)cc1OCC. The number of hydrogen-bond donors (Lipinski definition) is 2. The second-order valence-electron chi connectivity index (χ2n) is 5.39. The summed E-state index contributed by atoms with van der Waals surface area (Å²) < 4.78 is 11.2. The monoisotopic (exact) mass is 362 g/mol. The van der Waals surface area contributed by atoms with Gasteiger partial charge in [-0.25, -0.2) is 0 Å². The zero-order valence-electron chi connectivity index (χ0n) is 14.5. The number of halogens is 1. The summed E-state index contributed by atoms with van der Waals surface area (Å²) >= 11 is 6.05. The zero-order chi connectivity index (χ0) is 18.2. The van der Waals surface area contributed by atoms with Crippen LogP contribution in [0.15, 0.2) is 36.4 Å². The summed E-state index contributed by atoms with van der Waals surface area (Å²) in [6, 6.07) is 10.6. The van der Waals surface area contributed by atoms with E-state index >= 15 is 0 Å². The molecule has 2 aromatic rings. The van der Waals surface area contributed by atoms with Crippen molar-refractivity contribution >= 4 is 23.2 Å². The second kappa shape index (κ2) is 9.18. The molecule has 2 rings (SSSR count). The highest BCUT2D eigenvalue weighted by atomic mass is 35.5. The van der Waals surface area contributed by atoms with Crippen molar-refractivity contribution in [3.8, 4) is 11.5 Å². The first-order chi connectivity index (χ1) is 12.0. The first-order valence-electron chi connectivity index (χ1n) is 8.26. The summed E-state index contributed by atoms with van der Waals surface area (Å²) in [5, 5.41) is 3.21. The molecule has 0 atom stereocenters. The Morgan fingerprint density at radius 1 is 1.08 bits per heavy atom. The van der Waals surface area contributed by atoms with Crippen LogP contribution in [0.3, 0.4) is 0 Å². The second-order valence-corrected chi connectivity index (χ2v) is 5.80. The standard InChI is InChI=1S/C19H23ClN2O3/c1-3-24-17-8-5-13(11-18(17)25-4-2)9-10-22-19(23)15-7-6-14(21)12-16(15)20/h5-8,11-12H,3-4,9-10,21H2,1-2H3,(H,22,23). The predicted molar refractivity (Wildman–Crippen MR) is 101 cm³/mol. The van der Waals surface area contributed by atoms with Crippen LogP contribution in [-0.4, -0.2) is 25.7 Å². The van der Waals surface area contributed by atoms with Gasteiger partial charge in [0.05, 0.1) is 23.8 Å². The van der Waals surface area contributed by atoms with Crippen molar-refractivity contribution in [2.45, 2.75) is 20.3 Å². The smallest absolute Gasteiger partial charge is 0.252 e. The molecule has 2 aromatic carbocycles. The number of benzene rings is 2. The number of nitrogens with one attached hydrogen (secondary N) is 1. The van der Waals surface area contributed by atoms with Gasteiger partial charge in [-0.3, -0.25) is 4.79 Å². The molecule has 0 saturated heterocycles. The molecular weight excluding hydrogens is 340 g/mol. The Balaban J connectivity index is 1.96. The van der Waals surface area contributed by atoms with Crippen LogP contribution in [-0.2, 0) is 6.42 Å². The number of carbonyl (C=O) groups is 1. The fourth-order valence-electron chi connectivity index (χ4n) is 2.38.